The number of benzene rings is 1. The first-order valence-corrected chi connectivity index (χ1v) is 9.42. The molecule has 0 spiro atoms. The number of carbonyl (C=O) groups excluding carboxylic acids is 1. The van der Waals surface area contributed by atoms with E-state index in [1.54, 1.807) is 17.0 Å². The lowest BCUT2D eigenvalue weighted by Crippen LogP contribution is -2.32. The summed E-state index contributed by atoms with van der Waals surface area (Å²) in [4.78, 5) is 14.5. The number of nitrogens with one attached hydrogen (secondary N) is 1. The van der Waals surface area contributed by atoms with Crippen LogP contribution in [0.25, 0.3) is 0 Å². The molecular weight excluding hydrogens is 339 g/mol. The summed E-state index contributed by atoms with van der Waals surface area (Å²) in [6.07, 6.45) is 6.07. The highest BCUT2D eigenvalue weighted by atomic mass is 32.1. The number of aromatic nitrogens is 2. The molecule has 0 unspecified atom stereocenters. The average Bonchev–Trinajstić information content (AvgIpc) is 3.06. The van der Waals surface area contributed by atoms with Gasteiger partial charge in [0.25, 0.3) is 0 Å². The Morgan fingerprint density at radius 3 is 2.52 bits per heavy atom. The standard InChI is InChI=1S/C18H23FN4OS/c1-23(2)15(12-8-10-14(19)11-9-12)16(24)20-18-22-21-17(25-18)13-6-4-3-5-7-13/h8-11,13,15H,3-7H2,1-2H3,(H,20,22,24)/t15-/m1/s1. The van der Waals surface area contributed by atoms with Crippen LogP contribution in [-0.4, -0.2) is 35.1 Å². The Morgan fingerprint density at radius 1 is 1.20 bits per heavy atom. The molecule has 3 rings (SSSR count). The second kappa shape index (κ2) is 8.01. The van der Waals surface area contributed by atoms with Crippen molar-refractivity contribution in [3.63, 3.8) is 0 Å². The maximum atomic E-state index is 13.1. The maximum Gasteiger partial charge on any atom is 0.248 e. The van der Waals surface area contributed by atoms with E-state index in [4.69, 9.17) is 0 Å². The predicted octanol–water partition coefficient (Wildman–Crippen LogP) is 3.97. The minimum atomic E-state index is -0.511. The van der Waals surface area contributed by atoms with Gasteiger partial charge in [-0.2, -0.15) is 0 Å². The van der Waals surface area contributed by atoms with E-state index >= 15 is 0 Å². The van der Waals surface area contributed by atoms with Crippen LogP contribution in [0.5, 0.6) is 0 Å². The van der Waals surface area contributed by atoms with E-state index in [0.29, 0.717) is 11.0 Å². The van der Waals surface area contributed by atoms with Gasteiger partial charge in [-0.15, -0.1) is 10.2 Å². The Balaban J connectivity index is 1.71. The van der Waals surface area contributed by atoms with Gasteiger partial charge in [0.15, 0.2) is 0 Å². The van der Waals surface area contributed by atoms with Crippen molar-refractivity contribution in [2.45, 2.75) is 44.1 Å². The van der Waals surface area contributed by atoms with E-state index in [2.05, 4.69) is 15.5 Å². The number of rotatable bonds is 5. The summed E-state index contributed by atoms with van der Waals surface area (Å²) in [6.45, 7) is 0. The first-order valence-electron chi connectivity index (χ1n) is 8.61. The lowest BCUT2D eigenvalue weighted by atomic mass is 9.90. The van der Waals surface area contributed by atoms with Gasteiger partial charge in [-0.1, -0.05) is 42.7 Å². The number of carbonyl (C=O) groups is 1. The first-order chi connectivity index (χ1) is 12.0. The van der Waals surface area contributed by atoms with Gasteiger partial charge < -0.3 is 0 Å². The zero-order valence-electron chi connectivity index (χ0n) is 14.5. The molecule has 1 aromatic heterocycles. The highest BCUT2D eigenvalue weighted by Crippen LogP contribution is 2.35. The van der Waals surface area contributed by atoms with E-state index in [1.165, 1.54) is 42.7 Å². The zero-order valence-corrected chi connectivity index (χ0v) is 15.4. The summed E-state index contributed by atoms with van der Waals surface area (Å²) in [5.41, 5.74) is 0.737. The number of nitrogens with zero attached hydrogens (tertiary/aromatic N) is 3. The lowest BCUT2D eigenvalue weighted by molar-refractivity contribution is -0.120. The summed E-state index contributed by atoms with van der Waals surface area (Å²) in [7, 11) is 3.64. The minimum Gasteiger partial charge on any atom is -0.299 e. The molecule has 1 amide bonds. The molecule has 0 aliphatic heterocycles. The third-order valence-electron chi connectivity index (χ3n) is 4.58. The lowest BCUT2D eigenvalue weighted by Gasteiger charge is -2.23. The quantitative estimate of drug-likeness (QED) is 0.874. The summed E-state index contributed by atoms with van der Waals surface area (Å²) in [5, 5.41) is 12.8. The van der Waals surface area contributed by atoms with Gasteiger partial charge in [-0.3, -0.25) is 15.0 Å². The number of anilines is 1. The summed E-state index contributed by atoms with van der Waals surface area (Å²) < 4.78 is 13.1. The molecule has 134 valence electrons. The van der Waals surface area contributed by atoms with Gasteiger partial charge in [-0.25, -0.2) is 4.39 Å². The molecule has 1 saturated carbocycles. The smallest absolute Gasteiger partial charge is 0.248 e. The average molecular weight is 362 g/mol. The van der Waals surface area contributed by atoms with E-state index in [1.807, 2.05) is 14.1 Å². The molecular formula is C18H23FN4OS. The van der Waals surface area contributed by atoms with Gasteiger partial charge in [0, 0.05) is 5.92 Å². The van der Waals surface area contributed by atoms with Crippen LogP contribution < -0.4 is 5.32 Å². The minimum absolute atomic E-state index is 0.192. The van der Waals surface area contributed by atoms with E-state index in [0.717, 1.165) is 23.4 Å². The molecule has 0 saturated heterocycles. The topological polar surface area (TPSA) is 58.1 Å². The molecule has 1 N–H and O–H groups in total. The molecule has 1 fully saturated rings. The molecule has 0 radical (unpaired) electrons. The molecule has 5 nitrogen and oxygen atoms in total. The van der Waals surface area contributed by atoms with Crippen LogP contribution >= 0.6 is 11.3 Å². The van der Waals surface area contributed by atoms with Crippen LogP contribution in [0.1, 0.15) is 54.6 Å². The largest absolute Gasteiger partial charge is 0.299 e. The van der Waals surface area contributed by atoms with E-state index < -0.39 is 6.04 Å². The molecule has 1 aliphatic carbocycles. The fourth-order valence-electron chi connectivity index (χ4n) is 3.30. The Bertz CT molecular complexity index is 710. The third kappa shape index (κ3) is 4.41. The number of hydrogen-bond acceptors (Lipinski definition) is 5. The second-order valence-electron chi connectivity index (χ2n) is 6.69. The third-order valence-corrected chi connectivity index (χ3v) is 5.58. The number of hydrogen-bond donors (Lipinski definition) is 1. The van der Waals surface area contributed by atoms with Crippen LogP contribution in [0, 0.1) is 5.82 Å². The van der Waals surface area contributed by atoms with Crippen molar-refractivity contribution in [1.82, 2.24) is 15.1 Å². The van der Waals surface area contributed by atoms with Crippen LogP contribution in [0.3, 0.4) is 0 Å². The molecule has 1 atom stereocenters. The Labute approximate surface area is 151 Å². The van der Waals surface area contributed by atoms with Gasteiger partial charge in [-0.05, 0) is 44.6 Å². The molecule has 1 aromatic carbocycles. The van der Waals surface area contributed by atoms with Crippen molar-refractivity contribution in [3.8, 4) is 0 Å². The van der Waals surface area contributed by atoms with Crippen LogP contribution in [0.2, 0.25) is 0 Å². The van der Waals surface area contributed by atoms with Crippen molar-refractivity contribution in [1.29, 1.82) is 0 Å². The summed E-state index contributed by atoms with van der Waals surface area (Å²) >= 11 is 1.46. The molecule has 7 heteroatoms. The van der Waals surface area contributed by atoms with Crippen molar-refractivity contribution < 1.29 is 9.18 Å². The highest BCUT2D eigenvalue weighted by Gasteiger charge is 2.25. The second-order valence-corrected chi connectivity index (χ2v) is 7.70. The summed E-state index contributed by atoms with van der Waals surface area (Å²) in [6, 6.07) is 5.49. The van der Waals surface area contributed by atoms with Gasteiger partial charge in [0.05, 0.1) is 0 Å². The molecule has 0 bridgehead atoms. The number of amides is 1. The monoisotopic (exact) mass is 362 g/mol. The van der Waals surface area contributed by atoms with E-state index in [-0.39, 0.29) is 11.7 Å². The summed E-state index contributed by atoms with van der Waals surface area (Å²) in [5.74, 6) is -0.0375. The normalized spacial score (nSPS) is 16.8. The SMILES string of the molecule is CN(C)[C@@H](C(=O)Nc1nnc(C2CCCCC2)s1)c1ccc(F)cc1. The van der Waals surface area contributed by atoms with Gasteiger partial charge >= 0.3 is 0 Å². The van der Waals surface area contributed by atoms with Crippen molar-refractivity contribution in [2.24, 2.45) is 0 Å². The number of likely N-dealkylation sites (N-methyl/N-ethyl adjacent to an activating group) is 1. The predicted molar refractivity (Wildman–Crippen MR) is 97.2 cm³/mol. The molecule has 1 aliphatic rings. The van der Waals surface area contributed by atoms with Crippen LogP contribution in [0.4, 0.5) is 9.52 Å². The van der Waals surface area contributed by atoms with Gasteiger partial charge in [0.2, 0.25) is 11.0 Å². The Hall–Kier alpha value is -1.86. The molecule has 2 aromatic rings. The van der Waals surface area contributed by atoms with Crippen LogP contribution in [-0.2, 0) is 4.79 Å². The van der Waals surface area contributed by atoms with E-state index in [9.17, 15) is 9.18 Å². The fourth-order valence-corrected chi connectivity index (χ4v) is 4.22. The fraction of sp³-hybridized carbons (Fsp3) is 0.500. The maximum absolute atomic E-state index is 13.1. The number of halogens is 1. The van der Waals surface area contributed by atoms with Crippen molar-refractivity contribution in [2.75, 3.05) is 19.4 Å². The first kappa shape index (κ1) is 17.9. The molecule has 1 heterocycles. The highest BCUT2D eigenvalue weighted by molar-refractivity contribution is 7.15. The van der Waals surface area contributed by atoms with Crippen molar-refractivity contribution in [3.05, 3.63) is 40.7 Å². The van der Waals surface area contributed by atoms with Crippen molar-refractivity contribution >= 4 is 22.4 Å². The molecule has 25 heavy (non-hydrogen) atoms. The van der Waals surface area contributed by atoms with Gasteiger partial charge in [0.1, 0.15) is 16.9 Å². The van der Waals surface area contributed by atoms with Crippen LogP contribution in [0.15, 0.2) is 24.3 Å². The Morgan fingerprint density at radius 2 is 1.88 bits per heavy atom. The Kier molecular flexibility index (Phi) is 5.75. The zero-order chi connectivity index (χ0) is 17.8.